The van der Waals surface area contributed by atoms with Crippen LogP contribution in [0.4, 0.5) is 5.69 Å². The van der Waals surface area contributed by atoms with Gasteiger partial charge in [0.2, 0.25) is 5.91 Å². The smallest absolute Gasteiger partial charge is 0.241 e. The van der Waals surface area contributed by atoms with Crippen molar-refractivity contribution in [1.29, 1.82) is 0 Å². The van der Waals surface area contributed by atoms with Crippen molar-refractivity contribution in [3.8, 4) is 0 Å². The van der Waals surface area contributed by atoms with E-state index >= 15 is 0 Å². The maximum Gasteiger partial charge on any atom is 0.241 e. The third kappa shape index (κ3) is 2.27. The zero-order chi connectivity index (χ0) is 12.4. The number of nitrogens with zero attached hydrogens (tertiary/aromatic N) is 2. The fourth-order valence-electron chi connectivity index (χ4n) is 2.92. The molecule has 0 aliphatic carbocycles. The summed E-state index contributed by atoms with van der Waals surface area (Å²) in [5.74, 6) is 0.246. The van der Waals surface area contributed by atoms with E-state index in [0.29, 0.717) is 6.54 Å². The first kappa shape index (κ1) is 11.7. The van der Waals surface area contributed by atoms with Gasteiger partial charge in [-0.1, -0.05) is 18.6 Å². The molecule has 0 N–H and O–H groups in total. The number of anilines is 1. The highest BCUT2D eigenvalue weighted by molar-refractivity contribution is 5.96. The lowest BCUT2D eigenvalue weighted by Gasteiger charge is -2.28. The zero-order valence-corrected chi connectivity index (χ0v) is 10.7. The highest BCUT2D eigenvalue weighted by atomic mass is 16.2. The van der Waals surface area contributed by atoms with Gasteiger partial charge in [0, 0.05) is 12.2 Å². The average molecular weight is 243 g/mol. The second kappa shape index (κ2) is 5.11. The summed E-state index contributed by atoms with van der Waals surface area (Å²) in [6.07, 6.45) is 4.76. The van der Waals surface area contributed by atoms with E-state index in [9.17, 15) is 4.79 Å². The number of rotatable bonds is 2. The highest BCUT2D eigenvalue weighted by Gasteiger charge is 2.25. The Balaban J connectivity index is 1.67. The highest BCUT2D eigenvalue weighted by Crippen LogP contribution is 2.27. The summed E-state index contributed by atoms with van der Waals surface area (Å²) < 4.78 is 0. The fraction of sp³-hybridized carbons (Fsp3) is 0.533. The summed E-state index contributed by atoms with van der Waals surface area (Å²) in [7, 11) is 0. The first-order valence-electron chi connectivity index (χ1n) is 6.86. The van der Waals surface area contributed by atoms with Crippen LogP contribution in [0.3, 0.4) is 0 Å². The van der Waals surface area contributed by atoms with Crippen molar-refractivity contribution in [2.75, 3.05) is 31.1 Å². The Labute approximate surface area is 108 Å². The van der Waals surface area contributed by atoms with Crippen LogP contribution >= 0.6 is 0 Å². The summed E-state index contributed by atoms with van der Waals surface area (Å²) in [4.78, 5) is 16.6. The summed E-state index contributed by atoms with van der Waals surface area (Å²) in [5.41, 5.74) is 2.35. The van der Waals surface area contributed by atoms with Crippen molar-refractivity contribution in [2.45, 2.75) is 25.7 Å². The van der Waals surface area contributed by atoms with Gasteiger partial charge in [-0.3, -0.25) is 9.69 Å². The molecule has 3 heteroatoms. The minimum absolute atomic E-state index is 0.246. The molecule has 2 aliphatic heterocycles. The van der Waals surface area contributed by atoms with Crippen molar-refractivity contribution in [3.05, 3.63) is 29.8 Å². The SMILES string of the molecule is O=C(CN1CCCCC1)N1CCc2cc[c]cc21. The van der Waals surface area contributed by atoms with Crippen LogP contribution in [-0.4, -0.2) is 37.0 Å². The third-order valence-corrected chi connectivity index (χ3v) is 3.93. The molecule has 2 aliphatic rings. The number of piperidine rings is 1. The Morgan fingerprint density at radius 2 is 2.06 bits per heavy atom. The molecule has 1 saturated heterocycles. The van der Waals surface area contributed by atoms with E-state index in [0.717, 1.165) is 31.7 Å². The fourth-order valence-corrected chi connectivity index (χ4v) is 2.92. The van der Waals surface area contributed by atoms with Crippen LogP contribution in [0.1, 0.15) is 24.8 Å². The number of benzene rings is 1. The number of amides is 1. The van der Waals surface area contributed by atoms with Crippen molar-refractivity contribution in [2.24, 2.45) is 0 Å². The van der Waals surface area contributed by atoms with E-state index in [4.69, 9.17) is 0 Å². The van der Waals surface area contributed by atoms with Crippen LogP contribution in [0.15, 0.2) is 18.2 Å². The quantitative estimate of drug-likeness (QED) is 0.791. The minimum Gasteiger partial charge on any atom is -0.311 e. The number of hydrogen-bond donors (Lipinski definition) is 0. The molecular formula is C15H19N2O. The summed E-state index contributed by atoms with van der Waals surface area (Å²) in [5, 5.41) is 0. The van der Waals surface area contributed by atoms with Gasteiger partial charge in [-0.15, -0.1) is 0 Å². The van der Waals surface area contributed by atoms with Crippen molar-refractivity contribution < 1.29 is 4.79 Å². The van der Waals surface area contributed by atoms with Crippen LogP contribution in [0, 0.1) is 6.07 Å². The zero-order valence-electron chi connectivity index (χ0n) is 10.7. The molecule has 3 nitrogen and oxygen atoms in total. The average Bonchev–Trinajstić information content (AvgIpc) is 2.84. The van der Waals surface area contributed by atoms with E-state index in [1.807, 2.05) is 17.0 Å². The first-order chi connectivity index (χ1) is 8.84. The van der Waals surface area contributed by atoms with Gasteiger partial charge >= 0.3 is 0 Å². The normalized spacial score (nSPS) is 19.9. The lowest BCUT2D eigenvalue weighted by atomic mass is 10.1. The van der Waals surface area contributed by atoms with Crippen LogP contribution in [0.5, 0.6) is 0 Å². The number of fused-ring (bicyclic) bond motifs is 1. The number of hydrogen-bond acceptors (Lipinski definition) is 2. The lowest BCUT2D eigenvalue weighted by Crippen LogP contribution is -2.41. The molecule has 0 atom stereocenters. The van der Waals surface area contributed by atoms with Crippen molar-refractivity contribution in [1.82, 2.24) is 4.90 Å². The van der Waals surface area contributed by atoms with Gasteiger partial charge in [-0.2, -0.15) is 0 Å². The monoisotopic (exact) mass is 243 g/mol. The second-order valence-corrected chi connectivity index (χ2v) is 5.19. The van der Waals surface area contributed by atoms with Crippen molar-refractivity contribution >= 4 is 11.6 Å². The van der Waals surface area contributed by atoms with Gasteiger partial charge in [0.15, 0.2) is 0 Å². The molecular weight excluding hydrogens is 224 g/mol. The molecule has 18 heavy (non-hydrogen) atoms. The van der Waals surface area contributed by atoms with Crippen molar-refractivity contribution in [3.63, 3.8) is 0 Å². The Morgan fingerprint density at radius 3 is 2.89 bits per heavy atom. The van der Waals surface area contributed by atoms with E-state index < -0.39 is 0 Å². The van der Waals surface area contributed by atoms with Gasteiger partial charge in [0.1, 0.15) is 0 Å². The van der Waals surface area contributed by atoms with Gasteiger partial charge < -0.3 is 4.90 Å². The molecule has 95 valence electrons. The molecule has 1 aromatic carbocycles. The van der Waals surface area contributed by atoms with E-state index in [1.165, 1.54) is 24.8 Å². The molecule has 3 rings (SSSR count). The standard InChI is InChI=1S/C15H19N2O/c18-15(12-16-9-4-1-5-10-16)17-11-8-13-6-2-3-7-14(13)17/h2,6-7H,1,4-5,8-12H2. The van der Waals surface area contributed by atoms with Crippen LogP contribution in [0.25, 0.3) is 0 Å². The maximum absolute atomic E-state index is 12.3. The largest absolute Gasteiger partial charge is 0.311 e. The lowest BCUT2D eigenvalue weighted by molar-refractivity contribution is -0.119. The molecule has 1 radical (unpaired) electrons. The van der Waals surface area contributed by atoms with E-state index in [2.05, 4.69) is 17.0 Å². The molecule has 0 bridgehead atoms. The van der Waals surface area contributed by atoms with Gasteiger partial charge in [-0.05, 0) is 50.0 Å². The molecule has 1 aromatic rings. The summed E-state index contributed by atoms with van der Waals surface area (Å²) in [6, 6.07) is 9.02. The van der Waals surface area contributed by atoms with Gasteiger partial charge in [0.05, 0.1) is 6.54 Å². The molecule has 0 aromatic heterocycles. The van der Waals surface area contributed by atoms with Crippen LogP contribution < -0.4 is 4.90 Å². The third-order valence-electron chi connectivity index (χ3n) is 3.93. The molecule has 2 heterocycles. The Hall–Kier alpha value is -1.35. The van der Waals surface area contributed by atoms with E-state index in [-0.39, 0.29) is 5.91 Å². The molecule has 1 fully saturated rings. The predicted molar refractivity (Wildman–Crippen MR) is 71.6 cm³/mol. The maximum atomic E-state index is 12.3. The number of carbonyl (C=O) groups excluding carboxylic acids is 1. The second-order valence-electron chi connectivity index (χ2n) is 5.19. The van der Waals surface area contributed by atoms with Gasteiger partial charge in [0.25, 0.3) is 0 Å². The van der Waals surface area contributed by atoms with Gasteiger partial charge in [-0.25, -0.2) is 0 Å². The molecule has 0 unspecified atom stereocenters. The minimum atomic E-state index is 0.246. The van der Waals surface area contributed by atoms with Crippen LogP contribution in [-0.2, 0) is 11.2 Å². The summed E-state index contributed by atoms with van der Waals surface area (Å²) >= 11 is 0. The number of likely N-dealkylation sites (tertiary alicyclic amines) is 1. The topological polar surface area (TPSA) is 23.6 Å². The van der Waals surface area contributed by atoms with E-state index in [1.54, 1.807) is 0 Å². The Morgan fingerprint density at radius 1 is 1.22 bits per heavy atom. The predicted octanol–water partition coefficient (Wildman–Crippen LogP) is 1.86. The first-order valence-corrected chi connectivity index (χ1v) is 6.86. The number of carbonyl (C=O) groups is 1. The Kier molecular flexibility index (Phi) is 3.33. The Bertz CT molecular complexity index is 438. The van der Waals surface area contributed by atoms with Crippen LogP contribution in [0.2, 0.25) is 0 Å². The summed E-state index contributed by atoms with van der Waals surface area (Å²) in [6.45, 7) is 3.56. The molecule has 1 amide bonds. The molecule has 0 saturated carbocycles. The molecule has 0 spiro atoms.